The Balaban J connectivity index is 0.000000279. The first kappa shape index (κ1) is 30.1. The molecule has 3 N–H and O–H groups in total. The van der Waals surface area contributed by atoms with Gasteiger partial charge in [0.1, 0.15) is 0 Å². The molecule has 0 aliphatic heterocycles. The Hall–Kier alpha value is -4.90. The Morgan fingerprint density at radius 1 is 0.649 bits per heavy atom. The summed E-state index contributed by atoms with van der Waals surface area (Å²) in [4.78, 5) is 19.5. The lowest BCUT2D eigenvalue weighted by atomic mass is 10.1. The molecule has 0 saturated carbocycles. The van der Waals surface area contributed by atoms with E-state index in [0.717, 1.165) is 0 Å². The highest BCUT2D eigenvalue weighted by Crippen LogP contribution is 2.19. The molecule has 3 unspecified atom stereocenters. The first-order valence-corrected chi connectivity index (χ1v) is 10.4. The minimum absolute atomic E-state index is 0.133. The van der Waals surface area contributed by atoms with E-state index in [-0.39, 0.29) is 22.5 Å². The number of aliphatic hydroxyl groups is 3. The quantitative estimate of drug-likeness (QED) is 0.245. The molecule has 13 heteroatoms. The van der Waals surface area contributed by atoms with E-state index >= 15 is 0 Å². The van der Waals surface area contributed by atoms with Crippen molar-refractivity contribution in [3.05, 3.63) is 115 Å². The maximum absolute atomic E-state index is 10.3. The number of benzene rings is 3. The Kier molecular flexibility index (Phi) is 12.4. The van der Waals surface area contributed by atoms with Crippen LogP contribution >= 0.6 is 11.6 Å². The second kappa shape index (κ2) is 15.2. The summed E-state index contributed by atoms with van der Waals surface area (Å²) in [5.74, 6) is 0. The predicted molar refractivity (Wildman–Crippen MR) is 129 cm³/mol. The Morgan fingerprint density at radius 2 is 1.00 bits per heavy atom. The van der Waals surface area contributed by atoms with Crippen LogP contribution in [0, 0.1) is 54.2 Å². The fraction of sp³-hybridized carbons (Fsp3) is 0.125. The third-order valence-corrected chi connectivity index (χ3v) is 4.60. The lowest BCUT2D eigenvalue weighted by Gasteiger charge is -2.00. The number of nitro benzene ring substituents is 2. The molecular formula is C24H18ClN5O7. The highest BCUT2D eigenvalue weighted by molar-refractivity contribution is 6.30. The number of nitrogens with zero attached hydrogens (tertiary/aromatic N) is 5. The van der Waals surface area contributed by atoms with Gasteiger partial charge in [0.05, 0.1) is 28.1 Å². The molecule has 12 nitrogen and oxygen atoms in total. The number of non-ortho nitro benzene ring substituents is 2. The average molecular weight is 524 g/mol. The number of halogens is 1. The molecular weight excluding hydrogens is 506 g/mol. The lowest BCUT2D eigenvalue weighted by Crippen LogP contribution is -1.95. The van der Waals surface area contributed by atoms with Crippen LogP contribution < -0.4 is 0 Å². The van der Waals surface area contributed by atoms with E-state index in [1.807, 2.05) is 0 Å². The summed E-state index contributed by atoms with van der Waals surface area (Å²) in [6, 6.07) is 22.1. The number of nitriles is 3. The number of hydrogen-bond acceptors (Lipinski definition) is 10. The molecule has 0 amide bonds. The zero-order chi connectivity index (χ0) is 28.0. The van der Waals surface area contributed by atoms with Gasteiger partial charge in [0.2, 0.25) is 0 Å². The van der Waals surface area contributed by atoms with Crippen LogP contribution in [0.5, 0.6) is 0 Å². The maximum atomic E-state index is 10.3. The summed E-state index contributed by atoms with van der Waals surface area (Å²) < 4.78 is 0. The molecule has 37 heavy (non-hydrogen) atoms. The van der Waals surface area contributed by atoms with Crippen LogP contribution in [-0.4, -0.2) is 25.2 Å². The molecule has 3 rings (SSSR count). The van der Waals surface area contributed by atoms with Gasteiger partial charge in [-0.25, -0.2) is 0 Å². The van der Waals surface area contributed by atoms with E-state index in [1.54, 1.807) is 42.5 Å². The molecule has 0 aliphatic rings. The van der Waals surface area contributed by atoms with Gasteiger partial charge in [-0.2, -0.15) is 15.8 Å². The molecule has 0 radical (unpaired) electrons. The monoisotopic (exact) mass is 523 g/mol. The highest BCUT2D eigenvalue weighted by atomic mass is 35.5. The van der Waals surface area contributed by atoms with Crippen LogP contribution in [0.2, 0.25) is 5.02 Å². The summed E-state index contributed by atoms with van der Waals surface area (Å²) in [5.41, 5.74) is 0.768. The van der Waals surface area contributed by atoms with Crippen molar-refractivity contribution in [3.8, 4) is 18.2 Å². The zero-order valence-corrected chi connectivity index (χ0v) is 19.5. The Bertz CT molecular complexity index is 1270. The van der Waals surface area contributed by atoms with E-state index in [2.05, 4.69) is 0 Å². The SMILES string of the molecule is N#CC(O)c1ccc(Cl)cc1.N#CC(O)c1cccc([N+](=O)[O-])c1.N#CC(O)c1cccc([N+](=O)[O-])c1. The van der Waals surface area contributed by atoms with Crippen LogP contribution in [0.4, 0.5) is 11.4 Å². The van der Waals surface area contributed by atoms with Crippen molar-refractivity contribution >= 4 is 23.0 Å². The Labute approximate surface area is 215 Å². The first-order valence-electron chi connectivity index (χ1n) is 10.0. The van der Waals surface area contributed by atoms with Gasteiger partial charge >= 0.3 is 0 Å². The van der Waals surface area contributed by atoms with Crippen molar-refractivity contribution < 1.29 is 25.2 Å². The number of aliphatic hydroxyl groups excluding tert-OH is 3. The van der Waals surface area contributed by atoms with E-state index < -0.39 is 28.2 Å². The first-order chi connectivity index (χ1) is 17.5. The maximum Gasteiger partial charge on any atom is 0.269 e. The van der Waals surface area contributed by atoms with Crippen molar-refractivity contribution in [3.63, 3.8) is 0 Å². The van der Waals surface area contributed by atoms with Gasteiger partial charge in [-0.3, -0.25) is 20.2 Å². The third kappa shape index (κ3) is 10.1. The van der Waals surface area contributed by atoms with Gasteiger partial charge < -0.3 is 15.3 Å². The molecule has 0 aromatic heterocycles. The zero-order valence-electron chi connectivity index (χ0n) is 18.7. The number of hydrogen-bond donors (Lipinski definition) is 3. The second-order valence-corrected chi connectivity index (χ2v) is 7.29. The van der Waals surface area contributed by atoms with E-state index in [1.165, 1.54) is 48.5 Å². The van der Waals surface area contributed by atoms with Gasteiger partial charge in [-0.1, -0.05) is 48.0 Å². The summed E-state index contributed by atoms with van der Waals surface area (Å²) in [5, 5.41) is 73.3. The third-order valence-electron chi connectivity index (χ3n) is 4.35. The second-order valence-electron chi connectivity index (χ2n) is 6.85. The van der Waals surface area contributed by atoms with E-state index in [4.69, 9.17) is 42.7 Å². The smallest absolute Gasteiger partial charge is 0.269 e. The standard InChI is InChI=1S/C8H6ClNO.2C8H6N2O3/c9-7-3-1-6(2-4-7)8(11)5-10;2*9-5-8(11)6-2-1-3-7(4-6)10(12)13/h1-4,8,11H;2*1-4,8,11H. The fourth-order valence-electron chi connectivity index (χ4n) is 2.49. The van der Waals surface area contributed by atoms with Gasteiger partial charge in [-0.15, -0.1) is 0 Å². The molecule has 0 spiro atoms. The fourth-order valence-corrected chi connectivity index (χ4v) is 2.61. The van der Waals surface area contributed by atoms with Crippen LogP contribution in [0.25, 0.3) is 0 Å². The molecule has 188 valence electrons. The minimum Gasteiger partial charge on any atom is -0.374 e. The molecule has 0 heterocycles. The predicted octanol–water partition coefficient (Wildman–Crippen LogP) is 4.20. The normalized spacial score (nSPS) is 11.8. The van der Waals surface area contributed by atoms with Gasteiger partial charge in [0.25, 0.3) is 11.4 Å². The summed E-state index contributed by atoms with van der Waals surface area (Å²) in [6.45, 7) is 0. The molecule has 3 aromatic carbocycles. The van der Waals surface area contributed by atoms with Crippen LogP contribution in [0.15, 0.2) is 72.8 Å². The van der Waals surface area contributed by atoms with Crippen LogP contribution in [0.1, 0.15) is 35.0 Å². The molecule has 0 saturated heterocycles. The highest BCUT2D eigenvalue weighted by Gasteiger charge is 2.11. The molecule has 0 aliphatic carbocycles. The largest absolute Gasteiger partial charge is 0.374 e. The van der Waals surface area contributed by atoms with Crippen LogP contribution in [-0.2, 0) is 0 Å². The molecule has 3 aromatic rings. The summed E-state index contributed by atoms with van der Waals surface area (Å²) in [7, 11) is 0. The van der Waals surface area contributed by atoms with Crippen molar-refractivity contribution in [1.29, 1.82) is 15.8 Å². The van der Waals surface area contributed by atoms with E-state index in [0.29, 0.717) is 10.6 Å². The van der Waals surface area contributed by atoms with Crippen molar-refractivity contribution in [2.45, 2.75) is 18.3 Å². The van der Waals surface area contributed by atoms with Crippen molar-refractivity contribution in [2.75, 3.05) is 0 Å². The average Bonchev–Trinajstić information content (AvgIpc) is 2.92. The van der Waals surface area contributed by atoms with Gasteiger partial charge in [0, 0.05) is 40.4 Å². The number of rotatable bonds is 5. The summed E-state index contributed by atoms with van der Waals surface area (Å²) in [6.07, 6.45) is -3.66. The topological polar surface area (TPSA) is 218 Å². The minimum atomic E-state index is -1.31. The molecule has 3 atom stereocenters. The van der Waals surface area contributed by atoms with Gasteiger partial charge in [-0.05, 0) is 17.7 Å². The van der Waals surface area contributed by atoms with Crippen molar-refractivity contribution in [1.82, 2.24) is 0 Å². The summed E-state index contributed by atoms with van der Waals surface area (Å²) >= 11 is 5.60. The molecule has 0 fully saturated rings. The van der Waals surface area contributed by atoms with E-state index in [9.17, 15) is 20.2 Å². The Morgan fingerprint density at radius 3 is 1.32 bits per heavy atom. The number of nitro groups is 2. The lowest BCUT2D eigenvalue weighted by molar-refractivity contribution is -0.385. The van der Waals surface area contributed by atoms with Crippen LogP contribution in [0.3, 0.4) is 0 Å². The van der Waals surface area contributed by atoms with Crippen molar-refractivity contribution in [2.24, 2.45) is 0 Å². The molecule has 0 bridgehead atoms. The van der Waals surface area contributed by atoms with Gasteiger partial charge in [0.15, 0.2) is 18.3 Å².